The first kappa shape index (κ1) is 30.9. The van der Waals surface area contributed by atoms with Crippen molar-refractivity contribution in [1.29, 1.82) is 0 Å². The molecule has 21 heteroatoms. The Morgan fingerprint density at radius 2 is 1.55 bits per heavy atom. The average Bonchev–Trinajstić information content (AvgIpc) is 2.84. The van der Waals surface area contributed by atoms with E-state index in [2.05, 4.69) is 30.8 Å². The molecule has 3 aromatic carbocycles. The molecule has 0 aliphatic rings. The molecule has 0 aliphatic carbocycles. The maximum atomic E-state index is 13.4. The Morgan fingerprint density at radius 1 is 0.833 bits per heavy atom. The van der Waals surface area contributed by atoms with Gasteiger partial charge >= 0.3 is 6.08 Å². The number of aromatic hydroxyl groups is 1. The monoisotopic (exact) mass is 648 g/mol. The lowest BCUT2D eigenvalue weighted by Gasteiger charge is -2.21. The molecule has 0 fully saturated rings. The lowest BCUT2D eigenvalue weighted by Crippen LogP contribution is -2.10. The molecule has 42 heavy (non-hydrogen) atoms. The van der Waals surface area contributed by atoms with Crippen LogP contribution in [0.4, 0.5) is 37.3 Å². The van der Waals surface area contributed by atoms with E-state index in [4.69, 9.17) is 0 Å². The second-order valence-electron chi connectivity index (χ2n) is 8.26. The molecule has 0 spiro atoms. The topological polar surface area (TPSA) is 264 Å². The van der Waals surface area contributed by atoms with Gasteiger partial charge in [-0.05, 0) is 35.7 Å². The van der Waals surface area contributed by atoms with Gasteiger partial charge in [-0.15, -0.1) is 10.2 Å². The number of hydrogen-bond donors (Lipinski definition) is 8. The molecule has 0 radical (unpaired) electrons. The highest BCUT2D eigenvalue weighted by Gasteiger charge is 2.21. The van der Waals surface area contributed by atoms with E-state index in [1.165, 1.54) is 18.2 Å². The number of phenols is 1. The van der Waals surface area contributed by atoms with E-state index in [0.29, 0.717) is 12.1 Å². The summed E-state index contributed by atoms with van der Waals surface area (Å²) >= 11 is 0. The molecule has 1 aromatic heterocycles. The first-order valence-corrected chi connectivity index (χ1v) is 15.5. The van der Waals surface area contributed by atoms with Gasteiger partial charge in [-0.1, -0.05) is 6.07 Å². The van der Waals surface area contributed by atoms with Crippen LogP contribution in [0.1, 0.15) is 0 Å². The van der Waals surface area contributed by atoms with Gasteiger partial charge in [0.25, 0.3) is 20.2 Å². The van der Waals surface area contributed by atoms with Crippen LogP contribution in [0.5, 0.6) is 5.75 Å². The van der Waals surface area contributed by atoms with Crippen molar-refractivity contribution in [3.8, 4) is 5.75 Å². The van der Waals surface area contributed by atoms with Crippen LogP contribution in [0.3, 0.4) is 0 Å². The summed E-state index contributed by atoms with van der Waals surface area (Å²) in [5.41, 5.74) is -1.05. The minimum absolute atomic E-state index is 0.0170. The zero-order chi connectivity index (χ0) is 31.0. The molecule has 0 aliphatic heterocycles. The maximum absolute atomic E-state index is 13.4. The smallest absolute Gasteiger partial charge is 0.313 e. The van der Waals surface area contributed by atoms with Crippen LogP contribution in [-0.4, -0.2) is 60.6 Å². The van der Waals surface area contributed by atoms with Crippen molar-refractivity contribution in [2.24, 2.45) is 10.2 Å². The van der Waals surface area contributed by atoms with E-state index in [1.807, 2.05) is 0 Å². The van der Waals surface area contributed by atoms with E-state index < -0.39 is 76.1 Å². The Bertz CT molecular complexity index is 1930. The number of hydrogen-bond acceptors (Lipinski definition) is 14. The summed E-state index contributed by atoms with van der Waals surface area (Å²) in [6.45, 7) is 0. The summed E-state index contributed by atoms with van der Waals surface area (Å²) < 4.78 is 121. The van der Waals surface area contributed by atoms with Crippen molar-refractivity contribution in [3.05, 3.63) is 60.6 Å². The molecule has 4 rings (SSSR count). The van der Waals surface area contributed by atoms with Crippen molar-refractivity contribution in [2.75, 3.05) is 16.5 Å². The number of rotatable bonds is 9. The Balaban J connectivity index is 1.85. The van der Waals surface area contributed by atoms with Gasteiger partial charge < -0.3 is 29.4 Å². The van der Waals surface area contributed by atoms with Gasteiger partial charge in [0.05, 0.1) is 16.0 Å². The quantitative estimate of drug-likeness (QED) is 0.0521. The summed E-state index contributed by atoms with van der Waals surface area (Å²) in [4.78, 5) is 4.61. The van der Waals surface area contributed by atoms with Gasteiger partial charge in [0.15, 0.2) is 0 Å². The lowest BCUT2D eigenvalue weighted by atomic mass is 10.1. The predicted molar refractivity (Wildman–Crippen MR) is 145 cm³/mol. The number of benzene rings is 3. The van der Waals surface area contributed by atoms with Gasteiger partial charge in [-0.25, -0.2) is 0 Å². The molecule has 0 saturated carbocycles. The molecule has 0 atom stereocenters. The van der Waals surface area contributed by atoms with Crippen LogP contribution in [-0.2, 0) is 20.2 Å². The number of fused-ring (bicyclic) bond motifs is 1. The average molecular weight is 649 g/mol. The van der Waals surface area contributed by atoms with E-state index in [9.17, 15) is 53.5 Å². The number of anilines is 3. The molecule has 0 amide bonds. The fourth-order valence-electron chi connectivity index (χ4n) is 3.55. The van der Waals surface area contributed by atoms with Crippen LogP contribution in [0.25, 0.3) is 10.8 Å². The van der Waals surface area contributed by atoms with E-state index in [0.717, 1.165) is 18.2 Å². The molecule has 0 saturated heterocycles. The summed E-state index contributed by atoms with van der Waals surface area (Å²) in [5.74, 6) is -3.19. The number of azo groups is 1. The van der Waals surface area contributed by atoms with E-state index in [-0.39, 0.29) is 27.8 Å². The van der Waals surface area contributed by atoms with Crippen molar-refractivity contribution in [2.45, 2.75) is 9.79 Å². The Kier molecular flexibility index (Phi) is 8.30. The van der Waals surface area contributed by atoms with Gasteiger partial charge in [-0.3, -0.25) is 9.11 Å². The van der Waals surface area contributed by atoms with Crippen LogP contribution in [0, 0.1) is 12.0 Å². The van der Waals surface area contributed by atoms with Gasteiger partial charge in [0.2, 0.25) is 5.95 Å². The molecule has 0 bridgehead atoms. The van der Waals surface area contributed by atoms with Crippen molar-refractivity contribution >= 4 is 70.4 Å². The fraction of sp³-hybridized carbons (Fsp3) is 0.0476. The van der Waals surface area contributed by atoms with Crippen LogP contribution < -0.4 is 10.6 Å². The number of aromatic nitrogens is 2. The third kappa shape index (κ3) is 7.40. The van der Waals surface area contributed by atoms with E-state index in [1.54, 1.807) is 0 Å². The lowest BCUT2D eigenvalue weighted by molar-refractivity contribution is 0.378. The summed E-state index contributed by atoms with van der Waals surface area (Å²) in [6.07, 6.45) is -1.41. The third-order valence-corrected chi connectivity index (χ3v) is 7.48. The Morgan fingerprint density at radius 3 is 2.17 bits per heavy atom. The van der Waals surface area contributed by atoms with Crippen LogP contribution in [0.2, 0.25) is 0 Å². The summed E-state index contributed by atoms with van der Waals surface area (Å²) in [6, 6.07) is 7.87. The zero-order valence-electron chi connectivity index (χ0n) is 20.4. The summed E-state index contributed by atoms with van der Waals surface area (Å²) in [7, 11) is -13.9. The highest BCUT2D eigenvalue weighted by molar-refractivity contribution is 8.19. The van der Waals surface area contributed by atoms with Crippen LogP contribution in [0.15, 0.2) is 68.6 Å². The first-order chi connectivity index (χ1) is 19.4. The molecule has 4 aromatic rings. The van der Waals surface area contributed by atoms with Gasteiger partial charge in [0, 0.05) is 17.8 Å². The highest BCUT2D eigenvalue weighted by Crippen LogP contribution is 2.43. The maximum Gasteiger partial charge on any atom is 0.313 e. The van der Waals surface area contributed by atoms with Crippen molar-refractivity contribution in [3.63, 3.8) is 0 Å². The molecular weight excluding hydrogens is 630 g/mol. The minimum atomic E-state index is -5.01. The molecule has 1 heterocycles. The van der Waals surface area contributed by atoms with Gasteiger partial charge in [-0.2, -0.15) is 35.6 Å². The molecular formula is C21H18F2N6O10S3. The molecule has 8 N–H and O–H groups in total. The number of nitrogens with zero attached hydrogens (tertiary/aromatic N) is 4. The molecule has 224 valence electrons. The predicted octanol–water partition coefficient (Wildman–Crippen LogP) is 4.86. The zero-order valence-corrected chi connectivity index (χ0v) is 22.9. The summed E-state index contributed by atoms with van der Waals surface area (Å²) in [5, 5.41) is 23.0. The number of phenolic OH excluding ortho intramolecular Hbond substituents is 1. The third-order valence-electron chi connectivity index (χ3n) is 5.23. The molecule has 0 unspecified atom stereocenters. The number of nitrogens with one attached hydrogen (secondary N) is 2. The first-order valence-electron chi connectivity index (χ1n) is 10.9. The standard InChI is InChI=1S/C21H18F2N6O10S3/c22-17-8-18(27-21(23)26-17)25-11-2-4-13(16(6-11)42(37,38)39)28-29-20-14(24-9-40(31,32)33)3-1-10-5-12(41(34,35)36)7-15(30)19(10)20/h1-8,24,30-33H,9H2,(H,25,26,27)(H,34,35,36)(H,37,38,39). The van der Waals surface area contributed by atoms with Crippen LogP contribution >= 0.6 is 10.9 Å². The number of halogens is 2. The Hall–Kier alpha value is -4.09. The molecule has 16 nitrogen and oxygen atoms in total. The van der Waals surface area contributed by atoms with Gasteiger partial charge in [0.1, 0.15) is 44.6 Å². The highest BCUT2D eigenvalue weighted by atomic mass is 32.3. The SMILES string of the molecule is O=S(=O)(O)c1cc(O)c2c(N=Nc3ccc(Nc4cc(F)nc(F)n4)cc3S(=O)(=O)O)c(NCS(O)(O)O)ccc2c1. The minimum Gasteiger partial charge on any atom is -0.507 e. The van der Waals surface area contributed by atoms with Crippen molar-refractivity contribution < 1.29 is 53.5 Å². The fourth-order valence-corrected chi connectivity index (χ4v) is 5.09. The van der Waals surface area contributed by atoms with E-state index >= 15 is 0 Å². The Labute approximate surface area is 236 Å². The second kappa shape index (κ2) is 11.3. The normalized spacial score (nSPS) is 13.0. The second-order valence-corrected chi connectivity index (χ2v) is 12.6. The van der Waals surface area contributed by atoms with Crippen molar-refractivity contribution in [1.82, 2.24) is 9.97 Å². The largest absolute Gasteiger partial charge is 0.507 e.